The van der Waals surface area contributed by atoms with Crippen LogP contribution in [-0.4, -0.2) is 20.1 Å². The number of H-pyrrole nitrogens is 1. The number of aromatic nitrogens is 4. The van der Waals surface area contributed by atoms with Crippen molar-refractivity contribution in [1.29, 1.82) is 0 Å². The van der Waals surface area contributed by atoms with Crippen LogP contribution in [0, 0.1) is 6.92 Å². The number of aryl methyl sites for hydroxylation is 1. The Morgan fingerprint density at radius 3 is 3.05 bits per heavy atom. The van der Waals surface area contributed by atoms with Gasteiger partial charge in [0.25, 0.3) is 0 Å². The molecule has 4 aromatic rings. The number of rotatable bonds is 4. The number of fused-ring (bicyclic) bond motifs is 1. The van der Waals surface area contributed by atoms with E-state index >= 15 is 0 Å². The van der Waals surface area contributed by atoms with Crippen LogP contribution in [0.15, 0.2) is 50.7 Å². The largest absolute Gasteiger partial charge is 0.461 e. The Morgan fingerprint density at radius 2 is 2.18 bits per heavy atom. The van der Waals surface area contributed by atoms with Gasteiger partial charge < -0.3 is 13.9 Å². The molecule has 0 bridgehead atoms. The second kappa shape index (κ2) is 5.34. The SMILES string of the molecule is Cc1ccc2nc(SCc3nc(-c4ccco4)no3)[nH]c2c1. The number of benzene rings is 1. The third kappa shape index (κ3) is 2.50. The molecule has 0 aliphatic carbocycles. The Kier molecular flexibility index (Phi) is 3.19. The van der Waals surface area contributed by atoms with Gasteiger partial charge in [0, 0.05) is 0 Å². The van der Waals surface area contributed by atoms with E-state index in [0.717, 1.165) is 16.2 Å². The smallest absolute Gasteiger partial charge is 0.238 e. The zero-order chi connectivity index (χ0) is 14.9. The highest BCUT2D eigenvalue weighted by atomic mass is 32.2. The fourth-order valence-corrected chi connectivity index (χ4v) is 2.84. The van der Waals surface area contributed by atoms with Gasteiger partial charge in [-0.2, -0.15) is 4.98 Å². The van der Waals surface area contributed by atoms with E-state index in [2.05, 4.69) is 33.1 Å². The first-order chi connectivity index (χ1) is 10.8. The Labute approximate surface area is 129 Å². The summed E-state index contributed by atoms with van der Waals surface area (Å²) in [4.78, 5) is 12.1. The van der Waals surface area contributed by atoms with Gasteiger partial charge >= 0.3 is 0 Å². The van der Waals surface area contributed by atoms with Gasteiger partial charge in [-0.05, 0) is 36.8 Å². The Hall–Kier alpha value is -2.54. The van der Waals surface area contributed by atoms with Crippen molar-refractivity contribution in [2.24, 2.45) is 0 Å². The lowest BCUT2D eigenvalue weighted by Crippen LogP contribution is -1.82. The van der Waals surface area contributed by atoms with E-state index in [1.54, 1.807) is 18.4 Å². The van der Waals surface area contributed by atoms with Crippen LogP contribution in [0.4, 0.5) is 0 Å². The molecule has 3 aromatic heterocycles. The van der Waals surface area contributed by atoms with Gasteiger partial charge in [-0.25, -0.2) is 4.98 Å². The third-order valence-electron chi connectivity index (χ3n) is 3.16. The maximum Gasteiger partial charge on any atom is 0.238 e. The van der Waals surface area contributed by atoms with Gasteiger partial charge in [0.2, 0.25) is 11.7 Å². The highest BCUT2D eigenvalue weighted by molar-refractivity contribution is 7.98. The summed E-state index contributed by atoms with van der Waals surface area (Å²) in [6.45, 7) is 2.06. The van der Waals surface area contributed by atoms with Crippen LogP contribution in [0.1, 0.15) is 11.5 Å². The first kappa shape index (κ1) is 13.1. The maximum absolute atomic E-state index is 5.24. The minimum absolute atomic E-state index is 0.459. The molecule has 110 valence electrons. The predicted molar refractivity (Wildman–Crippen MR) is 82.4 cm³/mol. The number of hydrogen-bond acceptors (Lipinski definition) is 6. The number of imidazole rings is 1. The molecule has 0 unspecified atom stereocenters. The Balaban J connectivity index is 1.49. The summed E-state index contributed by atoms with van der Waals surface area (Å²) in [5.74, 6) is 2.14. The van der Waals surface area contributed by atoms with E-state index in [0.29, 0.717) is 23.2 Å². The summed E-state index contributed by atoms with van der Waals surface area (Å²) < 4.78 is 10.5. The average Bonchev–Trinajstić information content (AvgIpc) is 3.24. The van der Waals surface area contributed by atoms with E-state index in [4.69, 9.17) is 8.94 Å². The molecule has 7 heteroatoms. The minimum atomic E-state index is 0.459. The zero-order valence-corrected chi connectivity index (χ0v) is 12.6. The fourth-order valence-electron chi connectivity index (χ4n) is 2.12. The number of furan rings is 1. The maximum atomic E-state index is 5.24. The minimum Gasteiger partial charge on any atom is -0.461 e. The number of thioether (sulfide) groups is 1. The van der Waals surface area contributed by atoms with Crippen molar-refractivity contribution in [1.82, 2.24) is 20.1 Å². The standard InChI is InChI=1S/C15H12N4O2S/c1-9-4-5-10-11(7-9)17-15(16-10)22-8-13-18-14(19-21-13)12-3-2-6-20-12/h2-7H,8H2,1H3,(H,16,17). The van der Waals surface area contributed by atoms with E-state index < -0.39 is 0 Å². The van der Waals surface area contributed by atoms with E-state index in [9.17, 15) is 0 Å². The fraction of sp³-hybridized carbons (Fsp3) is 0.133. The molecule has 0 amide bonds. The van der Waals surface area contributed by atoms with Gasteiger partial charge in [-0.1, -0.05) is 23.0 Å². The third-order valence-corrected chi connectivity index (χ3v) is 4.02. The van der Waals surface area contributed by atoms with Crippen LogP contribution >= 0.6 is 11.8 Å². The molecular weight excluding hydrogens is 300 g/mol. The normalized spacial score (nSPS) is 11.3. The summed E-state index contributed by atoms with van der Waals surface area (Å²) in [5.41, 5.74) is 3.19. The molecule has 1 aromatic carbocycles. The van der Waals surface area contributed by atoms with Crippen molar-refractivity contribution in [2.75, 3.05) is 0 Å². The highest BCUT2D eigenvalue weighted by Gasteiger charge is 2.12. The van der Waals surface area contributed by atoms with Crippen LogP contribution in [0.5, 0.6) is 0 Å². The quantitative estimate of drug-likeness (QED) is 0.577. The number of aromatic amines is 1. The molecular formula is C15H12N4O2S. The van der Waals surface area contributed by atoms with Gasteiger partial charge in [0.15, 0.2) is 10.9 Å². The van der Waals surface area contributed by atoms with E-state index in [1.807, 2.05) is 12.1 Å². The molecule has 22 heavy (non-hydrogen) atoms. The van der Waals surface area contributed by atoms with E-state index in [-0.39, 0.29) is 0 Å². The molecule has 0 aliphatic rings. The summed E-state index contributed by atoms with van der Waals surface area (Å²) in [5, 5.41) is 4.73. The van der Waals surface area contributed by atoms with Crippen molar-refractivity contribution >= 4 is 22.8 Å². The molecule has 0 spiro atoms. The molecule has 4 rings (SSSR count). The van der Waals surface area contributed by atoms with Gasteiger partial charge in [-0.15, -0.1) is 0 Å². The monoisotopic (exact) mass is 312 g/mol. The van der Waals surface area contributed by atoms with Crippen molar-refractivity contribution in [3.05, 3.63) is 48.0 Å². The number of nitrogens with zero attached hydrogens (tertiary/aromatic N) is 3. The lowest BCUT2D eigenvalue weighted by molar-refractivity contribution is 0.390. The second-order valence-electron chi connectivity index (χ2n) is 4.84. The molecule has 6 nitrogen and oxygen atoms in total. The topological polar surface area (TPSA) is 80.7 Å². The Bertz CT molecular complexity index is 911. The lowest BCUT2D eigenvalue weighted by Gasteiger charge is -1.91. The van der Waals surface area contributed by atoms with Crippen molar-refractivity contribution < 1.29 is 8.94 Å². The summed E-state index contributed by atoms with van der Waals surface area (Å²) in [7, 11) is 0. The van der Waals surface area contributed by atoms with Crippen LogP contribution in [0.25, 0.3) is 22.6 Å². The molecule has 1 N–H and O–H groups in total. The van der Waals surface area contributed by atoms with Crippen molar-refractivity contribution in [2.45, 2.75) is 17.8 Å². The molecule has 0 saturated heterocycles. The molecule has 3 heterocycles. The number of nitrogens with one attached hydrogen (secondary N) is 1. The second-order valence-corrected chi connectivity index (χ2v) is 5.80. The van der Waals surface area contributed by atoms with Crippen LogP contribution < -0.4 is 0 Å². The highest BCUT2D eigenvalue weighted by Crippen LogP contribution is 2.24. The summed E-state index contributed by atoms with van der Waals surface area (Å²) >= 11 is 1.52. The molecule has 0 radical (unpaired) electrons. The predicted octanol–water partition coefficient (Wildman–Crippen LogP) is 3.81. The molecule has 0 aliphatic heterocycles. The van der Waals surface area contributed by atoms with Gasteiger partial charge in [0.1, 0.15) is 0 Å². The average molecular weight is 312 g/mol. The number of hydrogen-bond donors (Lipinski definition) is 1. The van der Waals surface area contributed by atoms with Gasteiger partial charge in [-0.3, -0.25) is 0 Å². The molecule has 0 saturated carbocycles. The van der Waals surface area contributed by atoms with Crippen molar-refractivity contribution in [3.63, 3.8) is 0 Å². The molecule has 0 atom stereocenters. The first-order valence-corrected chi connectivity index (χ1v) is 7.72. The first-order valence-electron chi connectivity index (χ1n) is 6.73. The molecule has 0 fully saturated rings. The zero-order valence-electron chi connectivity index (χ0n) is 11.7. The summed E-state index contributed by atoms with van der Waals surface area (Å²) in [6.07, 6.45) is 1.58. The van der Waals surface area contributed by atoms with Crippen LogP contribution in [0.3, 0.4) is 0 Å². The summed E-state index contributed by atoms with van der Waals surface area (Å²) in [6, 6.07) is 9.71. The van der Waals surface area contributed by atoms with E-state index in [1.165, 1.54) is 17.3 Å². The van der Waals surface area contributed by atoms with Gasteiger partial charge in [0.05, 0.1) is 23.0 Å². The van der Waals surface area contributed by atoms with Crippen LogP contribution in [0.2, 0.25) is 0 Å². The van der Waals surface area contributed by atoms with Crippen molar-refractivity contribution in [3.8, 4) is 11.6 Å². The lowest BCUT2D eigenvalue weighted by atomic mass is 10.2. The Morgan fingerprint density at radius 1 is 1.23 bits per heavy atom. The van der Waals surface area contributed by atoms with Crippen LogP contribution in [-0.2, 0) is 5.75 Å².